The van der Waals surface area contributed by atoms with Gasteiger partial charge in [-0.15, -0.1) is 0 Å². The van der Waals surface area contributed by atoms with E-state index in [1.807, 2.05) is 32.6 Å². The van der Waals surface area contributed by atoms with Crippen LogP contribution in [0.15, 0.2) is 0 Å². The van der Waals surface area contributed by atoms with Crippen molar-refractivity contribution in [3.63, 3.8) is 0 Å². The van der Waals surface area contributed by atoms with Gasteiger partial charge in [0.2, 0.25) is 5.95 Å². The normalized spacial score (nSPS) is 14.8. The van der Waals surface area contributed by atoms with Gasteiger partial charge < -0.3 is 23.8 Å². The van der Waals surface area contributed by atoms with Crippen molar-refractivity contribution in [2.45, 2.75) is 53.7 Å². The third kappa shape index (κ3) is 4.82. The molecule has 1 aromatic rings. The van der Waals surface area contributed by atoms with Crippen molar-refractivity contribution < 1.29 is 23.9 Å². The van der Waals surface area contributed by atoms with Gasteiger partial charge in [-0.1, -0.05) is 0 Å². The predicted octanol–water partition coefficient (Wildman–Crippen LogP) is 2.34. The summed E-state index contributed by atoms with van der Waals surface area (Å²) in [6.07, 6.45) is -0.345. The van der Waals surface area contributed by atoms with Crippen molar-refractivity contribution in [3.8, 4) is 0 Å². The van der Waals surface area contributed by atoms with Gasteiger partial charge >= 0.3 is 12.1 Å². The van der Waals surface area contributed by atoms with E-state index in [0.29, 0.717) is 38.7 Å². The number of rotatable bonds is 5. The summed E-state index contributed by atoms with van der Waals surface area (Å²) in [7, 11) is 0. The maximum Gasteiger partial charge on any atom is 0.410 e. The van der Waals surface area contributed by atoms with Crippen molar-refractivity contribution in [2.75, 3.05) is 37.7 Å². The molecule has 0 aromatic carbocycles. The average molecular weight is 394 g/mol. The van der Waals surface area contributed by atoms with E-state index in [9.17, 15) is 14.4 Å². The molecule has 28 heavy (non-hydrogen) atoms. The van der Waals surface area contributed by atoms with Crippen LogP contribution in [0.1, 0.15) is 62.5 Å². The summed E-state index contributed by atoms with van der Waals surface area (Å²) in [5.74, 6) is -0.302. The van der Waals surface area contributed by atoms with E-state index < -0.39 is 11.6 Å². The molecule has 0 saturated carbocycles. The molecular weight excluding hydrogens is 364 g/mol. The van der Waals surface area contributed by atoms with Crippen LogP contribution in [-0.4, -0.2) is 70.7 Å². The number of piperazine rings is 1. The second-order valence-corrected chi connectivity index (χ2v) is 7.58. The van der Waals surface area contributed by atoms with Crippen LogP contribution < -0.4 is 4.90 Å². The molecule has 2 rings (SSSR count). The molecule has 2 heterocycles. The Hall–Kier alpha value is -2.58. The first-order valence-corrected chi connectivity index (χ1v) is 9.60. The van der Waals surface area contributed by atoms with Gasteiger partial charge in [0.1, 0.15) is 11.3 Å². The van der Waals surface area contributed by atoms with Gasteiger partial charge in [0.05, 0.1) is 6.61 Å². The number of anilines is 1. The number of esters is 1. The third-order valence-electron chi connectivity index (χ3n) is 4.28. The van der Waals surface area contributed by atoms with Crippen molar-refractivity contribution in [3.05, 3.63) is 11.4 Å². The van der Waals surface area contributed by atoms with E-state index >= 15 is 0 Å². The summed E-state index contributed by atoms with van der Waals surface area (Å²) in [6.45, 7) is 13.2. The maximum absolute atomic E-state index is 12.4. The molecule has 1 aliphatic rings. The zero-order valence-electron chi connectivity index (χ0n) is 17.6. The topological polar surface area (TPSA) is 94.0 Å². The molecule has 1 aliphatic heterocycles. The lowest BCUT2D eigenvalue weighted by Crippen LogP contribution is -2.50. The minimum Gasteiger partial charge on any atom is -0.461 e. The summed E-state index contributed by atoms with van der Waals surface area (Å²) >= 11 is 0. The first-order valence-electron chi connectivity index (χ1n) is 9.60. The highest BCUT2D eigenvalue weighted by atomic mass is 16.6. The Balaban J connectivity index is 2.23. The van der Waals surface area contributed by atoms with E-state index in [1.165, 1.54) is 6.92 Å². The summed E-state index contributed by atoms with van der Waals surface area (Å²) in [5.41, 5.74) is -0.247. The third-order valence-corrected chi connectivity index (χ3v) is 4.28. The lowest BCUT2D eigenvalue weighted by Gasteiger charge is -2.36. The highest BCUT2D eigenvalue weighted by molar-refractivity contribution is 6.03. The summed E-state index contributed by atoms with van der Waals surface area (Å²) < 4.78 is 12.2. The second kappa shape index (κ2) is 8.62. The van der Waals surface area contributed by atoms with Crippen LogP contribution in [0.5, 0.6) is 0 Å². The first kappa shape index (κ1) is 21.7. The molecule has 0 atom stereocenters. The number of nitrogens with zero attached hydrogens (tertiary/aromatic N) is 4. The van der Waals surface area contributed by atoms with Gasteiger partial charge in [-0.25, -0.2) is 14.6 Å². The molecule has 0 radical (unpaired) electrons. The standard InChI is InChI=1S/C19H30N4O5/c1-7-23-15(16(25)27-8-2)14(13(3)24)20-17(23)21-9-11-22(12-10-21)18(26)28-19(4,5)6/h7-12H2,1-6H3. The van der Waals surface area contributed by atoms with Gasteiger partial charge in [-0.3, -0.25) is 4.79 Å². The van der Waals surface area contributed by atoms with Crippen molar-refractivity contribution in [2.24, 2.45) is 0 Å². The van der Waals surface area contributed by atoms with E-state index in [1.54, 1.807) is 16.4 Å². The number of hydrogen-bond donors (Lipinski definition) is 0. The van der Waals surface area contributed by atoms with Crippen LogP contribution in [-0.2, 0) is 16.0 Å². The second-order valence-electron chi connectivity index (χ2n) is 7.58. The monoisotopic (exact) mass is 394 g/mol. The van der Waals surface area contributed by atoms with Crippen molar-refractivity contribution in [1.82, 2.24) is 14.5 Å². The lowest BCUT2D eigenvalue weighted by atomic mass is 10.2. The molecule has 0 spiro atoms. The number of amides is 1. The van der Waals surface area contributed by atoms with Crippen LogP contribution in [0, 0.1) is 0 Å². The smallest absolute Gasteiger partial charge is 0.410 e. The average Bonchev–Trinajstić information content (AvgIpc) is 3.00. The molecule has 1 fully saturated rings. The number of ketones is 1. The largest absolute Gasteiger partial charge is 0.461 e. The van der Waals surface area contributed by atoms with Crippen LogP contribution in [0.3, 0.4) is 0 Å². The SMILES string of the molecule is CCOC(=O)c1c(C(C)=O)nc(N2CCN(C(=O)OC(C)(C)C)CC2)n1CC. The summed E-state index contributed by atoms with van der Waals surface area (Å²) in [6, 6.07) is 0. The number of Topliss-reactive ketones (excluding diaryl/α,β-unsaturated/α-hetero) is 1. The minimum absolute atomic E-state index is 0.116. The Kier molecular flexibility index (Phi) is 6.69. The quantitative estimate of drug-likeness (QED) is 0.559. The zero-order valence-corrected chi connectivity index (χ0v) is 17.6. The molecule has 1 aromatic heterocycles. The Morgan fingerprint density at radius 1 is 1.07 bits per heavy atom. The molecule has 156 valence electrons. The molecular formula is C19H30N4O5. The Labute approximate surface area is 165 Å². The van der Waals surface area contributed by atoms with Gasteiger partial charge in [0.15, 0.2) is 11.5 Å². The van der Waals surface area contributed by atoms with Gasteiger partial charge in [-0.2, -0.15) is 0 Å². The van der Waals surface area contributed by atoms with E-state index in [0.717, 1.165) is 0 Å². The number of imidazole rings is 1. The number of carbonyl (C=O) groups excluding carboxylic acids is 3. The van der Waals surface area contributed by atoms with E-state index in [-0.39, 0.29) is 29.9 Å². The van der Waals surface area contributed by atoms with Gasteiger partial charge in [0.25, 0.3) is 0 Å². The van der Waals surface area contributed by atoms with Crippen LogP contribution in [0.4, 0.5) is 10.7 Å². The Bertz CT molecular complexity index is 742. The van der Waals surface area contributed by atoms with Crippen LogP contribution in [0.2, 0.25) is 0 Å². The fourth-order valence-corrected chi connectivity index (χ4v) is 3.05. The highest BCUT2D eigenvalue weighted by Crippen LogP contribution is 2.23. The van der Waals surface area contributed by atoms with Crippen LogP contribution in [0.25, 0.3) is 0 Å². The Morgan fingerprint density at radius 3 is 2.14 bits per heavy atom. The zero-order chi connectivity index (χ0) is 21.1. The van der Waals surface area contributed by atoms with Gasteiger partial charge in [-0.05, 0) is 34.6 Å². The molecule has 0 aliphatic carbocycles. The molecule has 0 bridgehead atoms. The molecule has 1 amide bonds. The highest BCUT2D eigenvalue weighted by Gasteiger charge is 2.31. The molecule has 1 saturated heterocycles. The first-order chi connectivity index (χ1) is 13.1. The molecule has 9 heteroatoms. The Morgan fingerprint density at radius 2 is 1.68 bits per heavy atom. The summed E-state index contributed by atoms with van der Waals surface area (Å²) in [5, 5.41) is 0. The van der Waals surface area contributed by atoms with E-state index in [4.69, 9.17) is 9.47 Å². The maximum atomic E-state index is 12.4. The number of hydrogen-bond acceptors (Lipinski definition) is 7. The minimum atomic E-state index is -0.555. The number of aromatic nitrogens is 2. The lowest BCUT2D eigenvalue weighted by molar-refractivity contribution is 0.0239. The van der Waals surface area contributed by atoms with Crippen molar-refractivity contribution >= 4 is 23.8 Å². The van der Waals surface area contributed by atoms with E-state index in [2.05, 4.69) is 4.98 Å². The molecule has 0 N–H and O–H groups in total. The van der Waals surface area contributed by atoms with Gasteiger partial charge in [0, 0.05) is 39.6 Å². The fraction of sp³-hybridized carbons (Fsp3) is 0.684. The summed E-state index contributed by atoms with van der Waals surface area (Å²) in [4.78, 5) is 44.8. The number of ether oxygens (including phenoxy) is 2. The fourth-order valence-electron chi connectivity index (χ4n) is 3.05. The molecule has 9 nitrogen and oxygen atoms in total. The predicted molar refractivity (Wildman–Crippen MR) is 104 cm³/mol. The van der Waals surface area contributed by atoms with Crippen LogP contribution >= 0.6 is 0 Å². The molecule has 0 unspecified atom stereocenters. The van der Waals surface area contributed by atoms with Crippen molar-refractivity contribution in [1.29, 1.82) is 0 Å². The number of carbonyl (C=O) groups is 3.